The molecule has 1 aliphatic rings. The Hall–Kier alpha value is -1.06. The second-order valence-electron chi connectivity index (χ2n) is 6.33. The molecule has 26 heavy (non-hydrogen) atoms. The average molecular weight is 410 g/mol. The Morgan fingerprint density at radius 3 is 1.96 bits per heavy atom. The summed E-state index contributed by atoms with van der Waals surface area (Å²) in [7, 11) is 0. The number of benzene rings is 1. The number of alkyl halides is 6. The van der Waals surface area contributed by atoms with Crippen LogP contribution in [-0.2, 0) is 12.4 Å². The van der Waals surface area contributed by atoms with Gasteiger partial charge in [0.25, 0.3) is 0 Å². The first-order chi connectivity index (χ1) is 11.4. The molecule has 0 bridgehead atoms. The minimum Gasteiger partial charge on any atom is -0.391 e. The van der Waals surface area contributed by atoms with Crippen LogP contribution in [0.1, 0.15) is 54.8 Å². The third kappa shape index (κ3) is 5.01. The van der Waals surface area contributed by atoms with Gasteiger partial charge in [0.1, 0.15) is 5.82 Å². The quantitative estimate of drug-likeness (QED) is 0.672. The molecule has 10 heteroatoms. The predicted octanol–water partition coefficient (Wildman–Crippen LogP) is 5.23. The summed E-state index contributed by atoms with van der Waals surface area (Å²) in [5.41, 5.74) is 0.976. The molecule has 150 valence electrons. The van der Waals surface area contributed by atoms with Crippen molar-refractivity contribution in [1.82, 2.24) is 0 Å². The maximum absolute atomic E-state index is 14.2. The molecular weight excluding hydrogens is 391 g/mol. The number of aliphatic hydroxyl groups is 1. The summed E-state index contributed by atoms with van der Waals surface area (Å²) in [4.78, 5) is 0. The fourth-order valence-corrected chi connectivity index (χ4v) is 3.29. The molecular formula is C16H19ClF7NO. The fraction of sp³-hybridized carbons (Fsp3) is 0.625. The van der Waals surface area contributed by atoms with E-state index in [1.807, 2.05) is 0 Å². The number of aliphatic hydroxyl groups excluding tert-OH is 1. The highest BCUT2D eigenvalue weighted by Gasteiger charge is 2.42. The van der Waals surface area contributed by atoms with Crippen molar-refractivity contribution in [2.45, 2.75) is 56.6 Å². The molecule has 3 N–H and O–H groups in total. The van der Waals surface area contributed by atoms with Gasteiger partial charge < -0.3 is 10.8 Å². The van der Waals surface area contributed by atoms with Crippen LogP contribution in [0, 0.1) is 11.7 Å². The molecule has 1 aliphatic carbocycles. The van der Waals surface area contributed by atoms with Crippen LogP contribution in [0.2, 0.25) is 0 Å². The molecule has 2 nitrogen and oxygen atoms in total. The monoisotopic (exact) mass is 409 g/mol. The SMILES string of the molecule is Cl.N[C@@H](c1c(F)cc(C(F)(F)F)cc1C(F)(F)F)[C@H](O)C1CCCCC1. The number of halogens is 8. The van der Waals surface area contributed by atoms with Gasteiger partial charge >= 0.3 is 12.4 Å². The normalized spacial score (nSPS) is 19.0. The molecule has 0 spiro atoms. The molecule has 0 unspecified atom stereocenters. The number of hydrogen-bond acceptors (Lipinski definition) is 2. The highest BCUT2D eigenvalue weighted by Crippen LogP contribution is 2.42. The molecule has 0 heterocycles. The topological polar surface area (TPSA) is 46.2 Å². The minimum atomic E-state index is -5.23. The van der Waals surface area contributed by atoms with Crippen LogP contribution < -0.4 is 5.73 Å². The van der Waals surface area contributed by atoms with E-state index in [1.54, 1.807) is 0 Å². The van der Waals surface area contributed by atoms with Crippen LogP contribution in [0.3, 0.4) is 0 Å². The number of rotatable bonds is 3. The Labute approximate surface area is 152 Å². The summed E-state index contributed by atoms with van der Waals surface area (Å²) in [6.45, 7) is 0. The maximum Gasteiger partial charge on any atom is 0.416 e. The van der Waals surface area contributed by atoms with Crippen molar-refractivity contribution in [2.75, 3.05) is 0 Å². The summed E-state index contributed by atoms with van der Waals surface area (Å²) in [5.74, 6) is -2.13. The van der Waals surface area contributed by atoms with Crippen molar-refractivity contribution in [3.63, 3.8) is 0 Å². The van der Waals surface area contributed by atoms with E-state index in [1.165, 1.54) is 0 Å². The highest BCUT2D eigenvalue weighted by molar-refractivity contribution is 5.85. The first-order valence-corrected chi connectivity index (χ1v) is 7.84. The maximum atomic E-state index is 14.2. The second-order valence-corrected chi connectivity index (χ2v) is 6.33. The van der Waals surface area contributed by atoms with Gasteiger partial charge in [-0.05, 0) is 30.9 Å². The lowest BCUT2D eigenvalue weighted by molar-refractivity contribution is -0.144. The summed E-state index contributed by atoms with van der Waals surface area (Å²) in [6, 6.07) is -1.94. The molecule has 0 aliphatic heterocycles. The van der Waals surface area contributed by atoms with Crippen LogP contribution in [0.4, 0.5) is 30.7 Å². The van der Waals surface area contributed by atoms with E-state index in [-0.39, 0.29) is 24.5 Å². The van der Waals surface area contributed by atoms with Gasteiger partial charge in [-0.1, -0.05) is 19.3 Å². The summed E-state index contributed by atoms with van der Waals surface area (Å²) in [5, 5.41) is 10.3. The van der Waals surface area contributed by atoms with Gasteiger partial charge in [0, 0.05) is 5.56 Å². The molecule has 1 fully saturated rings. The largest absolute Gasteiger partial charge is 0.416 e. The van der Waals surface area contributed by atoms with Gasteiger partial charge in [-0.3, -0.25) is 0 Å². The molecule has 0 radical (unpaired) electrons. The standard InChI is InChI=1S/C16H18F7NO.ClH/c17-11-7-9(15(18,19)20)6-10(16(21,22)23)12(11)13(24)14(25)8-4-2-1-3-5-8;/h6-8,13-14,25H,1-5,24H2;1H/t13-,14+;/m0./s1. The molecule has 1 saturated carbocycles. The van der Waals surface area contributed by atoms with Crippen LogP contribution in [0.5, 0.6) is 0 Å². The van der Waals surface area contributed by atoms with Crippen molar-refractivity contribution < 1.29 is 35.8 Å². The third-order valence-electron chi connectivity index (χ3n) is 4.60. The Morgan fingerprint density at radius 1 is 0.962 bits per heavy atom. The minimum absolute atomic E-state index is 0. The fourth-order valence-electron chi connectivity index (χ4n) is 3.29. The lowest BCUT2D eigenvalue weighted by Crippen LogP contribution is -2.36. The lowest BCUT2D eigenvalue weighted by atomic mass is 9.80. The Morgan fingerprint density at radius 2 is 1.50 bits per heavy atom. The number of hydrogen-bond donors (Lipinski definition) is 2. The van der Waals surface area contributed by atoms with Gasteiger partial charge in [0.05, 0.1) is 23.3 Å². The van der Waals surface area contributed by atoms with E-state index in [9.17, 15) is 35.8 Å². The van der Waals surface area contributed by atoms with E-state index in [0.29, 0.717) is 12.8 Å². The molecule has 1 aromatic carbocycles. The highest BCUT2D eigenvalue weighted by atomic mass is 35.5. The third-order valence-corrected chi connectivity index (χ3v) is 4.60. The first kappa shape index (κ1) is 23.0. The number of nitrogens with two attached hydrogens (primary N) is 1. The lowest BCUT2D eigenvalue weighted by Gasteiger charge is -2.32. The Bertz CT molecular complexity index is 612. The molecule has 2 atom stereocenters. The molecule has 0 aromatic heterocycles. The van der Waals surface area contributed by atoms with Gasteiger partial charge in [0.15, 0.2) is 0 Å². The van der Waals surface area contributed by atoms with Crippen molar-refractivity contribution in [2.24, 2.45) is 11.7 Å². The van der Waals surface area contributed by atoms with Gasteiger partial charge in [-0.25, -0.2) is 4.39 Å². The second kappa shape index (κ2) is 8.31. The van der Waals surface area contributed by atoms with Gasteiger partial charge in [-0.15, -0.1) is 12.4 Å². The van der Waals surface area contributed by atoms with Gasteiger partial charge in [0.2, 0.25) is 0 Å². The molecule has 1 aromatic rings. The first-order valence-electron chi connectivity index (χ1n) is 7.84. The molecule has 2 rings (SSSR count). The zero-order chi connectivity index (χ0) is 19.0. The van der Waals surface area contributed by atoms with Crippen molar-refractivity contribution >= 4 is 12.4 Å². The van der Waals surface area contributed by atoms with Crippen LogP contribution in [0.15, 0.2) is 12.1 Å². The Balaban J connectivity index is 0.00000338. The molecule has 0 saturated heterocycles. The zero-order valence-corrected chi connectivity index (χ0v) is 14.3. The van der Waals surface area contributed by atoms with E-state index >= 15 is 0 Å². The smallest absolute Gasteiger partial charge is 0.391 e. The summed E-state index contributed by atoms with van der Waals surface area (Å²) in [6.07, 6.45) is -8.34. The summed E-state index contributed by atoms with van der Waals surface area (Å²) >= 11 is 0. The molecule has 0 amide bonds. The van der Waals surface area contributed by atoms with E-state index in [4.69, 9.17) is 5.73 Å². The van der Waals surface area contributed by atoms with Gasteiger partial charge in [-0.2, -0.15) is 26.3 Å². The van der Waals surface area contributed by atoms with Crippen molar-refractivity contribution in [3.8, 4) is 0 Å². The van der Waals surface area contributed by atoms with Crippen LogP contribution >= 0.6 is 12.4 Å². The van der Waals surface area contributed by atoms with E-state index < -0.39 is 52.9 Å². The average Bonchev–Trinajstić information content (AvgIpc) is 2.52. The van der Waals surface area contributed by atoms with Crippen molar-refractivity contribution in [3.05, 3.63) is 34.6 Å². The summed E-state index contributed by atoms with van der Waals surface area (Å²) < 4.78 is 91.8. The van der Waals surface area contributed by atoms with Crippen LogP contribution in [0.25, 0.3) is 0 Å². The van der Waals surface area contributed by atoms with Crippen molar-refractivity contribution in [1.29, 1.82) is 0 Å². The van der Waals surface area contributed by atoms with E-state index in [2.05, 4.69) is 0 Å². The predicted molar refractivity (Wildman–Crippen MR) is 83.2 cm³/mol. The van der Waals surface area contributed by atoms with E-state index in [0.717, 1.165) is 19.3 Å². The van der Waals surface area contributed by atoms with Crippen LogP contribution in [-0.4, -0.2) is 11.2 Å². The Kier molecular flexibility index (Phi) is 7.34. The zero-order valence-electron chi connectivity index (χ0n) is 13.5.